The van der Waals surface area contributed by atoms with Gasteiger partial charge in [-0.05, 0) is 56.1 Å². The van der Waals surface area contributed by atoms with Crippen molar-refractivity contribution >= 4 is 11.6 Å². The van der Waals surface area contributed by atoms with E-state index in [2.05, 4.69) is 41.4 Å². The third-order valence-corrected chi connectivity index (χ3v) is 5.28. The number of benzene rings is 2. The molecular formula is C22H28N2O3. The first kappa shape index (κ1) is 19.2. The van der Waals surface area contributed by atoms with Crippen LogP contribution in [0.3, 0.4) is 0 Å². The number of piperidine rings is 1. The van der Waals surface area contributed by atoms with Crippen LogP contribution in [0.2, 0.25) is 0 Å². The molecule has 5 nitrogen and oxygen atoms in total. The van der Waals surface area contributed by atoms with E-state index in [9.17, 15) is 4.79 Å². The standard InChI is InChI=1S/C22H28N2O3/c1-16-6-4-5-7-18(16)15-24-12-10-17(11-13-24)22(25)23-20-9-8-19(26-2)14-21(20)27-3/h4-9,14,17H,10-13,15H2,1-3H3,(H,23,25). The summed E-state index contributed by atoms with van der Waals surface area (Å²) in [4.78, 5) is 15.1. The van der Waals surface area contributed by atoms with Crippen LogP contribution in [0.25, 0.3) is 0 Å². The van der Waals surface area contributed by atoms with Crippen molar-refractivity contribution in [3.8, 4) is 11.5 Å². The first-order valence-electron chi connectivity index (χ1n) is 9.40. The molecule has 1 aliphatic rings. The molecule has 0 radical (unpaired) electrons. The van der Waals surface area contributed by atoms with E-state index in [0.29, 0.717) is 17.2 Å². The van der Waals surface area contributed by atoms with E-state index in [1.807, 2.05) is 12.1 Å². The fourth-order valence-electron chi connectivity index (χ4n) is 3.52. The highest BCUT2D eigenvalue weighted by Crippen LogP contribution is 2.30. The molecule has 0 bridgehead atoms. The van der Waals surface area contributed by atoms with Crippen molar-refractivity contribution in [2.75, 3.05) is 32.6 Å². The first-order valence-corrected chi connectivity index (χ1v) is 9.40. The van der Waals surface area contributed by atoms with Gasteiger partial charge in [0, 0.05) is 18.5 Å². The topological polar surface area (TPSA) is 50.8 Å². The minimum absolute atomic E-state index is 0.0323. The number of methoxy groups -OCH3 is 2. The lowest BCUT2D eigenvalue weighted by molar-refractivity contribution is -0.121. The Morgan fingerprint density at radius 3 is 2.52 bits per heavy atom. The number of carbonyl (C=O) groups excluding carboxylic acids is 1. The molecule has 0 aromatic heterocycles. The van der Waals surface area contributed by atoms with Gasteiger partial charge in [-0.2, -0.15) is 0 Å². The highest BCUT2D eigenvalue weighted by Gasteiger charge is 2.25. The summed E-state index contributed by atoms with van der Waals surface area (Å²) in [6, 6.07) is 13.9. The van der Waals surface area contributed by atoms with E-state index < -0.39 is 0 Å². The summed E-state index contributed by atoms with van der Waals surface area (Å²) >= 11 is 0. The fourth-order valence-corrected chi connectivity index (χ4v) is 3.52. The van der Waals surface area contributed by atoms with Crippen LogP contribution in [0.15, 0.2) is 42.5 Å². The average Bonchev–Trinajstić information content (AvgIpc) is 2.70. The SMILES string of the molecule is COc1ccc(NC(=O)C2CCN(Cc3ccccc3C)CC2)c(OC)c1. The number of ether oxygens (including phenoxy) is 2. The Bertz CT molecular complexity index is 783. The van der Waals surface area contributed by atoms with Gasteiger partial charge in [0.05, 0.1) is 19.9 Å². The summed E-state index contributed by atoms with van der Waals surface area (Å²) in [5.41, 5.74) is 3.37. The van der Waals surface area contributed by atoms with Crippen molar-refractivity contribution in [3.05, 3.63) is 53.6 Å². The van der Waals surface area contributed by atoms with Gasteiger partial charge >= 0.3 is 0 Å². The molecule has 1 fully saturated rings. The second-order valence-electron chi connectivity index (χ2n) is 7.03. The lowest BCUT2D eigenvalue weighted by atomic mass is 9.95. The molecule has 1 heterocycles. The number of nitrogens with zero attached hydrogens (tertiary/aromatic N) is 1. The fraction of sp³-hybridized carbons (Fsp3) is 0.409. The maximum absolute atomic E-state index is 12.7. The van der Waals surface area contributed by atoms with Gasteiger partial charge < -0.3 is 14.8 Å². The van der Waals surface area contributed by atoms with Crippen molar-refractivity contribution in [1.29, 1.82) is 0 Å². The minimum atomic E-state index is 0.0323. The zero-order chi connectivity index (χ0) is 19.2. The quantitative estimate of drug-likeness (QED) is 0.841. The number of hydrogen-bond acceptors (Lipinski definition) is 4. The van der Waals surface area contributed by atoms with Crippen molar-refractivity contribution in [2.24, 2.45) is 5.92 Å². The zero-order valence-corrected chi connectivity index (χ0v) is 16.3. The van der Waals surface area contributed by atoms with Gasteiger partial charge in [0.2, 0.25) is 5.91 Å². The summed E-state index contributed by atoms with van der Waals surface area (Å²) in [7, 11) is 3.20. The molecule has 27 heavy (non-hydrogen) atoms. The van der Waals surface area contributed by atoms with E-state index in [-0.39, 0.29) is 11.8 Å². The zero-order valence-electron chi connectivity index (χ0n) is 16.3. The molecule has 2 aromatic rings. The maximum Gasteiger partial charge on any atom is 0.227 e. The molecule has 0 unspecified atom stereocenters. The van der Waals surface area contributed by atoms with E-state index in [1.165, 1.54) is 11.1 Å². The number of likely N-dealkylation sites (tertiary alicyclic amines) is 1. The van der Waals surface area contributed by atoms with Crippen molar-refractivity contribution in [1.82, 2.24) is 4.90 Å². The molecule has 0 saturated carbocycles. The van der Waals surface area contributed by atoms with E-state index >= 15 is 0 Å². The highest BCUT2D eigenvalue weighted by molar-refractivity contribution is 5.94. The predicted octanol–water partition coefficient (Wildman–Crippen LogP) is 3.86. The van der Waals surface area contributed by atoms with E-state index in [4.69, 9.17) is 9.47 Å². The van der Waals surface area contributed by atoms with Gasteiger partial charge in [0.25, 0.3) is 0 Å². The predicted molar refractivity (Wildman–Crippen MR) is 107 cm³/mol. The molecule has 1 saturated heterocycles. The number of rotatable bonds is 6. The Hall–Kier alpha value is -2.53. The molecule has 5 heteroatoms. The van der Waals surface area contributed by atoms with Crippen molar-refractivity contribution < 1.29 is 14.3 Å². The third-order valence-electron chi connectivity index (χ3n) is 5.28. The normalized spacial score (nSPS) is 15.4. The van der Waals surface area contributed by atoms with Crippen LogP contribution in [-0.2, 0) is 11.3 Å². The number of hydrogen-bond donors (Lipinski definition) is 1. The van der Waals surface area contributed by atoms with Gasteiger partial charge in [0.1, 0.15) is 11.5 Å². The number of aryl methyl sites for hydroxylation is 1. The van der Waals surface area contributed by atoms with Crippen molar-refractivity contribution in [3.63, 3.8) is 0 Å². The van der Waals surface area contributed by atoms with Crippen LogP contribution in [0.1, 0.15) is 24.0 Å². The summed E-state index contributed by atoms with van der Waals surface area (Å²) < 4.78 is 10.6. The minimum Gasteiger partial charge on any atom is -0.497 e. The Morgan fingerprint density at radius 1 is 1.11 bits per heavy atom. The smallest absolute Gasteiger partial charge is 0.227 e. The summed E-state index contributed by atoms with van der Waals surface area (Å²) in [6.45, 7) is 4.98. The lowest BCUT2D eigenvalue weighted by Crippen LogP contribution is -2.37. The molecule has 0 spiro atoms. The Kier molecular flexibility index (Phi) is 6.35. The second kappa shape index (κ2) is 8.91. The largest absolute Gasteiger partial charge is 0.497 e. The number of amides is 1. The summed E-state index contributed by atoms with van der Waals surface area (Å²) in [6.07, 6.45) is 1.74. The van der Waals surface area contributed by atoms with Gasteiger partial charge in [-0.1, -0.05) is 24.3 Å². The molecule has 2 aromatic carbocycles. The summed E-state index contributed by atoms with van der Waals surface area (Å²) in [5.74, 6) is 1.41. The number of anilines is 1. The van der Waals surface area contributed by atoms with Gasteiger partial charge in [0.15, 0.2) is 0 Å². The third kappa shape index (κ3) is 4.80. The van der Waals surface area contributed by atoms with Crippen LogP contribution in [0, 0.1) is 12.8 Å². The molecule has 0 aliphatic carbocycles. The van der Waals surface area contributed by atoms with Crippen LogP contribution in [0.4, 0.5) is 5.69 Å². The Balaban J connectivity index is 1.55. The van der Waals surface area contributed by atoms with E-state index in [0.717, 1.165) is 32.5 Å². The molecule has 0 atom stereocenters. The average molecular weight is 368 g/mol. The number of nitrogens with one attached hydrogen (secondary N) is 1. The highest BCUT2D eigenvalue weighted by atomic mass is 16.5. The molecule has 1 aliphatic heterocycles. The monoisotopic (exact) mass is 368 g/mol. The Morgan fingerprint density at radius 2 is 1.85 bits per heavy atom. The van der Waals surface area contributed by atoms with Gasteiger partial charge in [-0.15, -0.1) is 0 Å². The first-order chi connectivity index (χ1) is 13.1. The molecule has 1 amide bonds. The van der Waals surface area contributed by atoms with Crippen molar-refractivity contribution in [2.45, 2.75) is 26.3 Å². The molecular weight excluding hydrogens is 340 g/mol. The van der Waals surface area contributed by atoms with E-state index in [1.54, 1.807) is 20.3 Å². The lowest BCUT2D eigenvalue weighted by Gasteiger charge is -2.31. The Labute approximate surface area is 161 Å². The van der Waals surface area contributed by atoms with Crippen LogP contribution in [0.5, 0.6) is 11.5 Å². The van der Waals surface area contributed by atoms with Gasteiger partial charge in [-0.3, -0.25) is 9.69 Å². The van der Waals surface area contributed by atoms with Crippen LogP contribution in [-0.4, -0.2) is 38.1 Å². The summed E-state index contributed by atoms with van der Waals surface area (Å²) in [5, 5.41) is 3.02. The second-order valence-corrected chi connectivity index (χ2v) is 7.03. The number of carbonyl (C=O) groups is 1. The molecule has 3 rings (SSSR count). The maximum atomic E-state index is 12.7. The van der Waals surface area contributed by atoms with Gasteiger partial charge in [-0.25, -0.2) is 0 Å². The molecule has 144 valence electrons. The molecule has 1 N–H and O–H groups in total. The van der Waals surface area contributed by atoms with Crippen LogP contribution >= 0.6 is 0 Å². The van der Waals surface area contributed by atoms with Crippen LogP contribution < -0.4 is 14.8 Å².